The lowest BCUT2D eigenvalue weighted by Gasteiger charge is -2.47. The first-order valence-electron chi connectivity index (χ1n) is 11.6. The monoisotopic (exact) mass is 439 g/mol. The van der Waals surface area contributed by atoms with E-state index in [9.17, 15) is 4.79 Å². The molecular formula is C26H33NO5. The highest BCUT2D eigenvalue weighted by Crippen LogP contribution is 2.43. The van der Waals surface area contributed by atoms with Gasteiger partial charge < -0.3 is 23.8 Å². The highest BCUT2D eigenvalue weighted by Gasteiger charge is 2.61. The number of benzene rings is 2. The summed E-state index contributed by atoms with van der Waals surface area (Å²) in [7, 11) is 0. The zero-order valence-corrected chi connectivity index (χ0v) is 18.9. The molecule has 2 saturated heterocycles. The summed E-state index contributed by atoms with van der Waals surface area (Å²) in [6.45, 7) is 6.34. The maximum atomic E-state index is 13.2. The van der Waals surface area contributed by atoms with Crippen LogP contribution in [0, 0.1) is 5.92 Å². The molecule has 2 aliphatic heterocycles. The third-order valence-electron chi connectivity index (χ3n) is 6.23. The van der Waals surface area contributed by atoms with Crippen molar-refractivity contribution in [1.82, 2.24) is 4.90 Å². The molecule has 2 aromatic rings. The van der Waals surface area contributed by atoms with Crippen LogP contribution >= 0.6 is 0 Å². The fourth-order valence-electron chi connectivity index (χ4n) is 4.73. The Kier molecular flexibility index (Phi) is 7.92. The van der Waals surface area contributed by atoms with E-state index in [0.717, 1.165) is 17.5 Å². The predicted octanol–water partition coefficient (Wildman–Crippen LogP) is 3.79. The van der Waals surface area contributed by atoms with Gasteiger partial charge in [0.15, 0.2) is 6.29 Å². The first-order valence-corrected chi connectivity index (χ1v) is 11.6. The van der Waals surface area contributed by atoms with E-state index >= 15 is 0 Å². The van der Waals surface area contributed by atoms with Crippen molar-refractivity contribution in [2.45, 2.75) is 58.0 Å². The number of amides is 1. The van der Waals surface area contributed by atoms with Crippen LogP contribution < -0.4 is 0 Å². The Morgan fingerprint density at radius 2 is 1.50 bits per heavy atom. The largest absolute Gasteiger partial charge is 0.375 e. The summed E-state index contributed by atoms with van der Waals surface area (Å²) >= 11 is 0. The van der Waals surface area contributed by atoms with Crippen LogP contribution in [0.4, 0.5) is 0 Å². The lowest BCUT2D eigenvalue weighted by molar-refractivity contribution is -0.214. The molecule has 1 amide bonds. The van der Waals surface area contributed by atoms with E-state index in [2.05, 4.69) is 12.1 Å². The minimum absolute atomic E-state index is 0.0525. The lowest BCUT2D eigenvalue weighted by atomic mass is 9.87. The number of hydrogen-bond acceptors (Lipinski definition) is 5. The quantitative estimate of drug-likeness (QED) is 0.372. The standard InChI is InChI=1S/C26H33NO5/c1-3-30-26(31-4-2)24-21-15-23(32-17-20-13-9-6-10-14-20)22(27(21)25(24)28)18-29-16-19-11-7-5-8-12-19/h5-14,21-24,26H,3-4,15-18H2,1-2H3/t21-,22+,23+,24+/m1/s1. The van der Waals surface area contributed by atoms with Gasteiger partial charge in [-0.1, -0.05) is 60.7 Å². The van der Waals surface area contributed by atoms with E-state index in [-0.39, 0.29) is 30.0 Å². The minimum atomic E-state index is -0.502. The molecule has 0 radical (unpaired) electrons. The molecule has 6 nitrogen and oxygen atoms in total. The van der Waals surface area contributed by atoms with Crippen molar-refractivity contribution < 1.29 is 23.7 Å². The van der Waals surface area contributed by atoms with Crippen LogP contribution in [0.1, 0.15) is 31.4 Å². The zero-order valence-electron chi connectivity index (χ0n) is 18.9. The maximum Gasteiger partial charge on any atom is 0.233 e. The van der Waals surface area contributed by atoms with Gasteiger partial charge >= 0.3 is 0 Å². The molecule has 2 aliphatic rings. The van der Waals surface area contributed by atoms with Crippen LogP contribution in [0.15, 0.2) is 60.7 Å². The van der Waals surface area contributed by atoms with Crippen molar-refractivity contribution in [2.75, 3.05) is 19.8 Å². The number of rotatable bonds is 12. The van der Waals surface area contributed by atoms with Crippen molar-refractivity contribution >= 4 is 5.91 Å². The SMILES string of the molecule is CCOC(OCC)[C@@H]1C(=O)N2[C@@H]1C[C@H](OCc1ccccc1)[C@@H]2COCc1ccccc1. The normalized spacial score (nSPS) is 24.6. The Bertz CT molecular complexity index is 840. The van der Waals surface area contributed by atoms with Crippen molar-refractivity contribution in [3.05, 3.63) is 71.8 Å². The third-order valence-corrected chi connectivity index (χ3v) is 6.23. The molecule has 2 fully saturated rings. The number of β-lactam (4-membered cyclic amide) rings is 1. The van der Waals surface area contributed by atoms with Crippen LogP contribution in [0.2, 0.25) is 0 Å². The summed E-state index contributed by atoms with van der Waals surface area (Å²) in [5.41, 5.74) is 2.24. The van der Waals surface area contributed by atoms with Gasteiger partial charge in [0.2, 0.25) is 5.91 Å². The summed E-state index contributed by atoms with van der Waals surface area (Å²) in [5.74, 6) is -0.210. The predicted molar refractivity (Wildman–Crippen MR) is 121 cm³/mol. The fraction of sp³-hybridized carbons (Fsp3) is 0.500. The van der Waals surface area contributed by atoms with Gasteiger partial charge in [-0.3, -0.25) is 4.79 Å². The van der Waals surface area contributed by atoms with Crippen LogP contribution in [0.25, 0.3) is 0 Å². The Hall–Kier alpha value is -2.25. The van der Waals surface area contributed by atoms with Gasteiger partial charge in [0.1, 0.15) is 5.92 Å². The van der Waals surface area contributed by atoms with Gasteiger partial charge in [-0.25, -0.2) is 0 Å². The first-order chi connectivity index (χ1) is 15.7. The number of ether oxygens (including phenoxy) is 4. The van der Waals surface area contributed by atoms with Gasteiger partial charge in [-0.2, -0.15) is 0 Å². The van der Waals surface area contributed by atoms with Gasteiger partial charge in [0, 0.05) is 13.2 Å². The Morgan fingerprint density at radius 3 is 2.09 bits per heavy atom. The molecule has 4 rings (SSSR count). The average Bonchev–Trinajstić information content (AvgIpc) is 3.13. The molecular weight excluding hydrogens is 406 g/mol. The molecule has 6 heteroatoms. The van der Waals surface area contributed by atoms with Crippen LogP contribution in [0.3, 0.4) is 0 Å². The number of hydrogen-bond donors (Lipinski definition) is 0. The first kappa shape index (κ1) is 22.9. The molecule has 0 unspecified atom stereocenters. The molecule has 2 aromatic carbocycles. The second-order valence-corrected chi connectivity index (χ2v) is 8.26. The van der Waals surface area contributed by atoms with Gasteiger partial charge in [0.25, 0.3) is 0 Å². The second kappa shape index (κ2) is 11.1. The fourth-order valence-corrected chi connectivity index (χ4v) is 4.73. The van der Waals surface area contributed by atoms with Crippen molar-refractivity contribution in [2.24, 2.45) is 5.92 Å². The highest BCUT2D eigenvalue weighted by atomic mass is 16.7. The summed E-state index contributed by atoms with van der Waals surface area (Å²) in [5, 5.41) is 0. The van der Waals surface area contributed by atoms with Crippen molar-refractivity contribution in [1.29, 1.82) is 0 Å². The summed E-state index contributed by atoms with van der Waals surface area (Å²) in [6.07, 6.45) is 0.172. The van der Waals surface area contributed by atoms with Crippen LogP contribution in [-0.4, -0.2) is 55.1 Å². The molecule has 172 valence electrons. The van der Waals surface area contributed by atoms with E-state index in [0.29, 0.717) is 33.0 Å². The van der Waals surface area contributed by atoms with Gasteiger partial charge in [-0.05, 0) is 31.4 Å². The second-order valence-electron chi connectivity index (χ2n) is 8.26. The Balaban J connectivity index is 1.43. The van der Waals surface area contributed by atoms with E-state index in [1.165, 1.54) is 0 Å². The zero-order chi connectivity index (χ0) is 22.3. The molecule has 0 saturated carbocycles. The number of carbonyl (C=O) groups is 1. The molecule has 0 aromatic heterocycles. The Morgan fingerprint density at radius 1 is 0.906 bits per heavy atom. The highest BCUT2D eigenvalue weighted by molar-refractivity contribution is 5.87. The summed E-state index contributed by atoms with van der Waals surface area (Å²) in [6, 6.07) is 20.1. The molecule has 0 spiro atoms. The minimum Gasteiger partial charge on any atom is -0.375 e. The molecule has 4 atom stereocenters. The van der Waals surface area contributed by atoms with E-state index < -0.39 is 6.29 Å². The van der Waals surface area contributed by atoms with Crippen LogP contribution in [-0.2, 0) is 37.0 Å². The molecule has 2 heterocycles. The number of nitrogens with zero attached hydrogens (tertiary/aromatic N) is 1. The average molecular weight is 440 g/mol. The van der Waals surface area contributed by atoms with E-state index in [1.54, 1.807) is 0 Å². The number of fused-ring (bicyclic) bond motifs is 1. The molecule has 0 bridgehead atoms. The van der Waals surface area contributed by atoms with E-state index in [4.69, 9.17) is 18.9 Å². The lowest BCUT2D eigenvalue weighted by Crippen LogP contribution is -2.65. The van der Waals surface area contributed by atoms with Crippen molar-refractivity contribution in [3.63, 3.8) is 0 Å². The van der Waals surface area contributed by atoms with E-state index in [1.807, 2.05) is 67.3 Å². The smallest absolute Gasteiger partial charge is 0.233 e. The molecule has 0 N–H and O–H groups in total. The number of carbonyl (C=O) groups excluding carboxylic acids is 1. The van der Waals surface area contributed by atoms with Gasteiger partial charge in [0.05, 0.1) is 38.0 Å². The summed E-state index contributed by atoms with van der Waals surface area (Å²) < 4.78 is 23.9. The third kappa shape index (κ3) is 5.04. The van der Waals surface area contributed by atoms with Crippen LogP contribution in [0.5, 0.6) is 0 Å². The molecule has 32 heavy (non-hydrogen) atoms. The summed E-state index contributed by atoms with van der Waals surface area (Å²) in [4.78, 5) is 15.1. The van der Waals surface area contributed by atoms with Gasteiger partial charge in [-0.15, -0.1) is 0 Å². The molecule has 0 aliphatic carbocycles. The topological polar surface area (TPSA) is 57.2 Å². The maximum absolute atomic E-state index is 13.2. The van der Waals surface area contributed by atoms with Crippen molar-refractivity contribution in [3.8, 4) is 0 Å². The Labute approximate surface area is 190 Å².